The summed E-state index contributed by atoms with van der Waals surface area (Å²) in [6.07, 6.45) is 1.51. The molecule has 0 bridgehead atoms. The van der Waals surface area contributed by atoms with Crippen LogP contribution >= 0.6 is 22.6 Å². The van der Waals surface area contributed by atoms with Crippen LogP contribution in [-0.4, -0.2) is 9.13 Å². The molecule has 0 amide bonds. The van der Waals surface area contributed by atoms with E-state index in [4.69, 9.17) is 0 Å². The van der Waals surface area contributed by atoms with Crippen molar-refractivity contribution in [1.82, 2.24) is 9.13 Å². The molecule has 1 aromatic heterocycles. The zero-order chi connectivity index (χ0) is 14.9. The monoisotopic (exact) mass is 389 g/mol. The molecule has 2 aromatic rings. The lowest BCUT2D eigenvalue weighted by Crippen LogP contribution is -2.38. The molecule has 7 heteroatoms. The largest absolute Gasteiger partial charge is 0.380 e. The van der Waals surface area contributed by atoms with Crippen LogP contribution in [0, 0.1) is 9.39 Å². The first-order chi connectivity index (χ1) is 9.40. The Labute approximate surface area is 128 Å². The predicted octanol–water partition coefficient (Wildman–Crippen LogP) is 1.44. The second-order valence-corrected chi connectivity index (χ2v) is 5.55. The van der Waals surface area contributed by atoms with Crippen molar-refractivity contribution in [2.24, 2.45) is 14.1 Å². The second-order valence-electron chi connectivity index (χ2n) is 4.39. The Hall–Kier alpha value is -1.64. The number of aryl methyl sites for hydroxylation is 1. The molecule has 0 aliphatic rings. The summed E-state index contributed by atoms with van der Waals surface area (Å²) in [6.45, 7) is 0.266. The number of aromatic nitrogens is 2. The highest BCUT2D eigenvalue weighted by Crippen LogP contribution is 2.19. The Balaban J connectivity index is 2.28. The molecule has 0 aliphatic heterocycles. The molecular weight excluding hydrogens is 376 g/mol. The van der Waals surface area contributed by atoms with Crippen molar-refractivity contribution in [2.75, 3.05) is 5.32 Å². The van der Waals surface area contributed by atoms with Crippen molar-refractivity contribution in [3.63, 3.8) is 0 Å². The molecule has 0 unspecified atom stereocenters. The van der Waals surface area contributed by atoms with E-state index < -0.39 is 0 Å². The number of rotatable bonds is 3. The maximum Gasteiger partial charge on any atom is 0.330 e. The zero-order valence-corrected chi connectivity index (χ0v) is 13.1. The van der Waals surface area contributed by atoms with Crippen LogP contribution in [0.3, 0.4) is 0 Å². The van der Waals surface area contributed by atoms with Crippen molar-refractivity contribution >= 4 is 28.3 Å². The maximum atomic E-state index is 13.0. The number of nitrogens with one attached hydrogen (secondary N) is 1. The molecule has 20 heavy (non-hydrogen) atoms. The molecule has 0 aliphatic carbocycles. The topological polar surface area (TPSA) is 56.0 Å². The summed E-state index contributed by atoms with van der Waals surface area (Å²) in [5, 5.41) is 3.07. The fourth-order valence-corrected chi connectivity index (χ4v) is 2.50. The van der Waals surface area contributed by atoms with E-state index in [1.807, 2.05) is 22.6 Å². The molecule has 0 spiro atoms. The first kappa shape index (κ1) is 14.8. The number of benzene rings is 1. The minimum Gasteiger partial charge on any atom is -0.380 e. The van der Waals surface area contributed by atoms with E-state index in [0.29, 0.717) is 5.56 Å². The SMILES string of the molecule is Cn1cc(CNc2ccc(F)cc2I)c(=O)n(C)c1=O. The van der Waals surface area contributed by atoms with E-state index >= 15 is 0 Å². The molecule has 0 fully saturated rings. The third-order valence-corrected chi connectivity index (χ3v) is 3.81. The van der Waals surface area contributed by atoms with E-state index in [9.17, 15) is 14.0 Å². The first-order valence-electron chi connectivity index (χ1n) is 5.84. The Kier molecular flexibility index (Phi) is 4.26. The third-order valence-electron chi connectivity index (χ3n) is 2.92. The molecule has 0 saturated carbocycles. The minimum atomic E-state index is -0.366. The smallest absolute Gasteiger partial charge is 0.330 e. The summed E-state index contributed by atoms with van der Waals surface area (Å²) >= 11 is 2.02. The highest BCUT2D eigenvalue weighted by molar-refractivity contribution is 14.1. The summed E-state index contributed by atoms with van der Waals surface area (Å²) < 4.78 is 16.1. The van der Waals surface area contributed by atoms with E-state index in [1.165, 1.54) is 29.9 Å². The number of hydrogen-bond donors (Lipinski definition) is 1. The minimum absolute atomic E-state index is 0.266. The van der Waals surface area contributed by atoms with Gasteiger partial charge in [-0.1, -0.05) is 0 Å². The van der Waals surface area contributed by atoms with Gasteiger partial charge in [-0.15, -0.1) is 0 Å². The summed E-state index contributed by atoms with van der Waals surface area (Å²) in [5.41, 5.74) is 0.505. The second kappa shape index (κ2) is 5.78. The van der Waals surface area contributed by atoms with Gasteiger partial charge >= 0.3 is 5.69 Å². The quantitative estimate of drug-likeness (QED) is 0.809. The summed E-state index contributed by atoms with van der Waals surface area (Å²) in [7, 11) is 3.03. The lowest BCUT2D eigenvalue weighted by molar-refractivity contribution is 0.627. The number of nitrogens with zero attached hydrogens (tertiary/aromatic N) is 2. The van der Waals surface area contributed by atoms with Gasteiger partial charge in [0.05, 0.1) is 5.56 Å². The molecule has 1 N–H and O–H groups in total. The highest BCUT2D eigenvalue weighted by atomic mass is 127. The van der Waals surface area contributed by atoms with Crippen LogP contribution in [-0.2, 0) is 20.6 Å². The Morgan fingerprint density at radius 1 is 1.30 bits per heavy atom. The van der Waals surface area contributed by atoms with Crippen molar-refractivity contribution in [3.8, 4) is 0 Å². The number of anilines is 1. The van der Waals surface area contributed by atoms with Gasteiger partial charge in [0.1, 0.15) is 5.82 Å². The molecule has 1 heterocycles. The van der Waals surface area contributed by atoms with E-state index in [2.05, 4.69) is 5.32 Å². The van der Waals surface area contributed by atoms with Crippen molar-refractivity contribution in [3.05, 3.63) is 60.2 Å². The van der Waals surface area contributed by atoms with Crippen LogP contribution in [0.15, 0.2) is 34.0 Å². The molecule has 5 nitrogen and oxygen atoms in total. The van der Waals surface area contributed by atoms with Crippen LogP contribution in [0.1, 0.15) is 5.56 Å². The van der Waals surface area contributed by atoms with E-state index in [0.717, 1.165) is 13.8 Å². The van der Waals surface area contributed by atoms with Gasteiger partial charge < -0.3 is 9.88 Å². The van der Waals surface area contributed by atoms with Gasteiger partial charge in [-0.05, 0) is 40.8 Å². The molecule has 2 rings (SSSR count). The number of hydrogen-bond acceptors (Lipinski definition) is 3. The fraction of sp³-hybridized carbons (Fsp3) is 0.231. The van der Waals surface area contributed by atoms with Crippen LogP contribution in [0.5, 0.6) is 0 Å². The van der Waals surface area contributed by atoms with Gasteiger partial charge in [0.25, 0.3) is 5.56 Å². The van der Waals surface area contributed by atoms with Gasteiger partial charge in [0.15, 0.2) is 0 Å². The lowest BCUT2D eigenvalue weighted by Gasteiger charge is -2.10. The molecule has 0 radical (unpaired) electrons. The fourth-order valence-electron chi connectivity index (χ4n) is 1.83. The maximum absolute atomic E-state index is 13.0. The summed E-state index contributed by atoms with van der Waals surface area (Å²) in [5.74, 6) is -0.307. The third kappa shape index (κ3) is 2.92. The van der Waals surface area contributed by atoms with Crippen LogP contribution in [0.2, 0.25) is 0 Å². The Morgan fingerprint density at radius 2 is 2.00 bits per heavy atom. The van der Waals surface area contributed by atoms with Gasteiger partial charge in [-0.2, -0.15) is 0 Å². The molecular formula is C13H13FIN3O2. The van der Waals surface area contributed by atoms with E-state index in [1.54, 1.807) is 13.1 Å². The molecule has 0 saturated heterocycles. The van der Waals surface area contributed by atoms with Gasteiger partial charge in [-0.3, -0.25) is 9.36 Å². The van der Waals surface area contributed by atoms with Crippen LogP contribution in [0.25, 0.3) is 0 Å². The van der Waals surface area contributed by atoms with Crippen molar-refractivity contribution in [2.45, 2.75) is 6.54 Å². The van der Waals surface area contributed by atoms with Gasteiger partial charge in [-0.25, -0.2) is 9.18 Å². The molecule has 0 atom stereocenters. The lowest BCUT2D eigenvalue weighted by atomic mass is 10.3. The van der Waals surface area contributed by atoms with Crippen LogP contribution < -0.4 is 16.6 Å². The molecule has 1 aromatic carbocycles. The van der Waals surface area contributed by atoms with Crippen molar-refractivity contribution in [1.29, 1.82) is 0 Å². The standard InChI is InChI=1S/C13H13FIN3O2/c1-17-7-8(12(19)18(2)13(17)20)6-16-11-4-3-9(14)5-10(11)15/h3-5,7,16H,6H2,1-2H3. The highest BCUT2D eigenvalue weighted by Gasteiger charge is 2.07. The van der Waals surface area contributed by atoms with Crippen LogP contribution in [0.4, 0.5) is 10.1 Å². The average Bonchev–Trinajstić information content (AvgIpc) is 2.40. The Morgan fingerprint density at radius 3 is 2.65 bits per heavy atom. The van der Waals surface area contributed by atoms with Gasteiger partial charge in [0, 0.05) is 36.1 Å². The summed E-state index contributed by atoms with van der Waals surface area (Å²) in [4.78, 5) is 23.5. The van der Waals surface area contributed by atoms with Gasteiger partial charge in [0.2, 0.25) is 0 Å². The summed E-state index contributed by atoms with van der Waals surface area (Å²) in [6, 6.07) is 4.37. The van der Waals surface area contributed by atoms with E-state index in [-0.39, 0.29) is 23.6 Å². The first-order valence-corrected chi connectivity index (χ1v) is 6.92. The Bertz CT molecular complexity index is 767. The van der Waals surface area contributed by atoms with Crippen molar-refractivity contribution < 1.29 is 4.39 Å². The predicted molar refractivity (Wildman–Crippen MR) is 83.4 cm³/mol. The normalized spacial score (nSPS) is 10.6. The number of halogens is 2. The zero-order valence-electron chi connectivity index (χ0n) is 11.0. The average molecular weight is 389 g/mol. The molecule has 106 valence electrons.